The normalized spacial score (nSPS) is 14.4. The lowest BCUT2D eigenvalue weighted by molar-refractivity contribution is 0.0871. The summed E-state index contributed by atoms with van der Waals surface area (Å²) in [6.45, 7) is 1.14. The van der Waals surface area contributed by atoms with Crippen LogP contribution in [0.2, 0.25) is 5.02 Å². The molecular weight excluding hydrogens is 495 g/mol. The van der Waals surface area contributed by atoms with Gasteiger partial charge in [-0.2, -0.15) is 0 Å². The molecule has 1 aliphatic rings. The number of amides is 1. The Labute approximate surface area is 217 Å². The second-order valence-corrected chi connectivity index (χ2v) is 10.3. The Morgan fingerprint density at radius 1 is 1.11 bits per heavy atom. The highest BCUT2D eigenvalue weighted by Crippen LogP contribution is 2.46. The zero-order chi connectivity index (χ0) is 26.0. The maximum atomic E-state index is 14.4. The summed E-state index contributed by atoms with van der Waals surface area (Å²) in [6, 6.07) is 11.0. The van der Waals surface area contributed by atoms with Gasteiger partial charge in [0.05, 0.1) is 10.6 Å². The minimum absolute atomic E-state index is 0.000271. The molecule has 7 nitrogen and oxygen atoms in total. The van der Waals surface area contributed by atoms with Gasteiger partial charge in [-0.05, 0) is 55.4 Å². The molecule has 2 N–H and O–H groups in total. The van der Waals surface area contributed by atoms with E-state index in [0.29, 0.717) is 40.1 Å². The Hall–Kier alpha value is -3.65. The first-order valence-electron chi connectivity index (χ1n) is 12.4. The third kappa shape index (κ3) is 5.39. The van der Waals surface area contributed by atoms with Crippen molar-refractivity contribution in [3.8, 4) is 0 Å². The van der Waals surface area contributed by atoms with Crippen LogP contribution in [0.15, 0.2) is 70.6 Å². The predicted molar refractivity (Wildman–Crippen MR) is 141 cm³/mol. The molecule has 1 fully saturated rings. The molecule has 192 valence electrons. The van der Waals surface area contributed by atoms with E-state index < -0.39 is 11.7 Å². The maximum Gasteiger partial charge on any atom is 0.253 e. The van der Waals surface area contributed by atoms with Crippen LogP contribution in [-0.2, 0) is 19.6 Å². The molecule has 0 aliphatic heterocycles. The zero-order valence-corrected chi connectivity index (χ0v) is 21.1. The van der Waals surface area contributed by atoms with Crippen LogP contribution in [0, 0.1) is 11.2 Å². The van der Waals surface area contributed by atoms with E-state index in [-0.39, 0.29) is 23.1 Å². The van der Waals surface area contributed by atoms with Gasteiger partial charge in [-0.15, -0.1) is 0 Å². The number of hydrogen-bond acceptors (Lipinski definition) is 3. The number of benzene rings is 1. The number of rotatable bonds is 9. The molecule has 37 heavy (non-hydrogen) atoms. The molecule has 1 saturated carbocycles. The highest BCUT2D eigenvalue weighted by molar-refractivity contribution is 6.35. The number of carbonyl (C=O) groups is 1. The van der Waals surface area contributed by atoms with Crippen molar-refractivity contribution < 1.29 is 9.18 Å². The number of hydrogen-bond donors (Lipinski definition) is 2. The molecule has 4 aromatic rings. The number of nitrogens with zero attached hydrogens (tertiary/aromatic N) is 2. The van der Waals surface area contributed by atoms with Crippen molar-refractivity contribution in [2.75, 3.05) is 0 Å². The van der Waals surface area contributed by atoms with Crippen LogP contribution in [0.4, 0.5) is 4.39 Å². The van der Waals surface area contributed by atoms with Gasteiger partial charge >= 0.3 is 0 Å². The molecule has 1 amide bonds. The summed E-state index contributed by atoms with van der Waals surface area (Å²) in [6.07, 6.45) is 9.87. The molecule has 1 aromatic carbocycles. The second kappa shape index (κ2) is 10.4. The highest BCUT2D eigenvalue weighted by atomic mass is 35.5. The average Bonchev–Trinajstić information content (AvgIpc) is 3.22. The van der Waals surface area contributed by atoms with Crippen molar-refractivity contribution in [2.24, 2.45) is 5.41 Å². The van der Waals surface area contributed by atoms with E-state index >= 15 is 0 Å². The minimum Gasteiger partial charge on any atom is -0.360 e. The fourth-order valence-corrected chi connectivity index (χ4v) is 5.36. The van der Waals surface area contributed by atoms with Gasteiger partial charge in [0.2, 0.25) is 0 Å². The highest BCUT2D eigenvalue weighted by Gasteiger charge is 2.36. The SMILES string of the molecule is O=C(NCc1cc2c(Cl)c[nH]c2cc1F)c1ccc(=O)n(CCCC2(Cn3ccccc3=O)CCC2)c1. The first-order valence-corrected chi connectivity index (χ1v) is 12.8. The number of nitrogens with one attached hydrogen (secondary N) is 2. The monoisotopic (exact) mass is 522 g/mol. The molecule has 0 saturated heterocycles. The van der Waals surface area contributed by atoms with E-state index in [1.54, 1.807) is 39.7 Å². The number of halogens is 2. The van der Waals surface area contributed by atoms with E-state index in [1.807, 2.05) is 12.3 Å². The van der Waals surface area contributed by atoms with Crippen LogP contribution in [-0.4, -0.2) is 20.0 Å². The maximum absolute atomic E-state index is 14.4. The fraction of sp³-hybridized carbons (Fsp3) is 0.321. The van der Waals surface area contributed by atoms with Crippen LogP contribution in [0.1, 0.15) is 48.0 Å². The van der Waals surface area contributed by atoms with Crippen molar-refractivity contribution in [1.29, 1.82) is 0 Å². The van der Waals surface area contributed by atoms with Gasteiger partial charge in [0, 0.05) is 66.8 Å². The van der Waals surface area contributed by atoms with Crippen LogP contribution >= 0.6 is 11.6 Å². The Morgan fingerprint density at radius 2 is 1.92 bits per heavy atom. The third-order valence-electron chi connectivity index (χ3n) is 7.41. The van der Waals surface area contributed by atoms with Crippen LogP contribution in [0.5, 0.6) is 0 Å². The molecule has 0 spiro atoms. The summed E-state index contributed by atoms with van der Waals surface area (Å²) in [5.74, 6) is -0.841. The summed E-state index contributed by atoms with van der Waals surface area (Å²) < 4.78 is 17.8. The van der Waals surface area contributed by atoms with Gasteiger partial charge in [-0.25, -0.2) is 4.39 Å². The Bertz CT molecular complexity index is 1570. The molecule has 0 atom stereocenters. The van der Waals surface area contributed by atoms with Gasteiger partial charge < -0.3 is 19.4 Å². The molecule has 1 aliphatic carbocycles. The molecule has 3 aromatic heterocycles. The number of aromatic nitrogens is 3. The van der Waals surface area contributed by atoms with Crippen LogP contribution < -0.4 is 16.4 Å². The van der Waals surface area contributed by atoms with Crippen molar-refractivity contribution >= 4 is 28.4 Å². The predicted octanol–water partition coefficient (Wildman–Crippen LogP) is 4.86. The van der Waals surface area contributed by atoms with Crippen molar-refractivity contribution in [2.45, 2.75) is 51.7 Å². The van der Waals surface area contributed by atoms with E-state index in [0.717, 1.165) is 32.1 Å². The number of H-pyrrole nitrogens is 1. The first-order chi connectivity index (χ1) is 17.8. The van der Waals surface area contributed by atoms with Crippen LogP contribution in [0.3, 0.4) is 0 Å². The molecule has 0 radical (unpaired) electrons. The second-order valence-electron chi connectivity index (χ2n) is 9.88. The zero-order valence-electron chi connectivity index (χ0n) is 20.3. The Morgan fingerprint density at radius 3 is 2.68 bits per heavy atom. The molecular formula is C28H28ClFN4O3. The lowest BCUT2D eigenvalue weighted by Gasteiger charge is -2.42. The number of aryl methyl sites for hydroxylation is 1. The van der Waals surface area contributed by atoms with E-state index in [1.165, 1.54) is 18.2 Å². The molecule has 9 heteroatoms. The standard InChI is InChI=1S/C28H28ClFN4O3/c29-22-16-31-24-14-23(30)20(13-21(22)24)15-32-27(37)19-6-7-26(36)33(17-19)12-4-10-28(8-3-9-28)18-34-11-2-1-5-25(34)35/h1-2,5-7,11,13-14,16-17,31H,3-4,8-10,12,15,18H2,(H,32,37). The van der Waals surface area contributed by atoms with Gasteiger partial charge in [-0.1, -0.05) is 24.1 Å². The molecule has 0 bridgehead atoms. The average molecular weight is 523 g/mol. The quantitative estimate of drug-likeness (QED) is 0.329. The minimum atomic E-state index is -0.445. The summed E-state index contributed by atoms with van der Waals surface area (Å²) in [7, 11) is 0. The van der Waals surface area contributed by atoms with Gasteiger partial charge in [0.15, 0.2) is 0 Å². The van der Waals surface area contributed by atoms with Crippen molar-refractivity contribution in [1.82, 2.24) is 19.4 Å². The number of aromatic amines is 1. The van der Waals surface area contributed by atoms with E-state index in [9.17, 15) is 18.8 Å². The summed E-state index contributed by atoms with van der Waals surface area (Å²) in [4.78, 5) is 40.3. The Balaban J connectivity index is 1.21. The molecule has 0 unspecified atom stereocenters. The van der Waals surface area contributed by atoms with Crippen molar-refractivity contribution in [3.63, 3.8) is 0 Å². The van der Waals surface area contributed by atoms with E-state index in [4.69, 9.17) is 11.6 Å². The van der Waals surface area contributed by atoms with Crippen LogP contribution in [0.25, 0.3) is 10.9 Å². The molecule has 3 heterocycles. The topological polar surface area (TPSA) is 88.9 Å². The van der Waals surface area contributed by atoms with E-state index in [2.05, 4.69) is 10.3 Å². The summed E-state index contributed by atoms with van der Waals surface area (Å²) in [5.41, 5.74) is 1.12. The first kappa shape index (κ1) is 25.0. The number of pyridine rings is 2. The largest absolute Gasteiger partial charge is 0.360 e. The lowest BCUT2D eigenvalue weighted by Crippen LogP contribution is -2.37. The number of fused-ring (bicyclic) bond motifs is 1. The van der Waals surface area contributed by atoms with Gasteiger partial charge in [0.1, 0.15) is 5.82 Å². The summed E-state index contributed by atoms with van der Waals surface area (Å²) in [5, 5.41) is 3.89. The Kier molecular flexibility index (Phi) is 7.02. The number of carbonyl (C=O) groups excluding carboxylic acids is 1. The third-order valence-corrected chi connectivity index (χ3v) is 7.72. The smallest absolute Gasteiger partial charge is 0.253 e. The summed E-state index contributed by atoms with van der Waals surface area (Å²) >= 11 is 6.13. The van der Waals surface area contributed by atoms with Gasteiger partial charge in [0.25, 0.3) is 17.0 Å². The lowest BCUT2D eigenvalue weighted by atomic mass is 9.66. The molecule has 5 rings (SSSR count). The van der Waals surface area contributed by atoms with Gasteiger partial charge in [-0.3, -0.25) is 14.4 Å². The fourth-order valence-electron chi connectivity index (χ4n) is 5.15. The van der Waals surface area contributed by atoms with Crippen molar-refractivity contribution in [3.05, 3.63) is 104 Å².